The van der Waals surface area contributed by atoms with Gasteiger partial charge in [-0.2, -0.15) is 0 Å². The molecule has 0 aliphatic carbocycles. The number of thiazole rings is 1. The molecular weight excluding hydrogens is 254 g/mol. The quantitative estimate of drug-likeness (QED) is 0.842. The molecule has 0 amide bonds. The molecular formula is C15H21N3S. The summed E-state index contributed by atoms with van der Waals surface area (Å²) in [5, 5.41) is 6.83. The van der Waals surface area contributed by atoms with E-state index < -0.39 is 0 Å². The van der Waals surface area contributed by atoms with Crippen LogP contribution in [0.4, 0.5) is 5.69 Å². The van der Waals surface area contributed by atoms with E-state index in [2.05, 4.69) is 46.8 Å². The lowest BCUT2D eigenvalue weighted by Crippen LogP contribution is -2.15. The van der Waals surface area contributed by atoms with Crippen LogP contribution in [0.15, 0.2) is 35.7 Å². The summed E-state index contributed by atoms with van der Waals surface area (Å²) in [6.07, 6.45) is 2.02. The zero-order valence-electron chi connectivity index (χ0n) is 11.6. The molecule has 102 valence electrons. The highest BCUT2D eigenvalue weighted by atomic mass is 32.1. The van der Waals surface area contributed by atoms with Crippen molar-refractivity contribution in [2.75, 3.05) is 32.5 Å². The molecule has 0 bridgehead atoms. The van der Waals surface area contributed by atoms with Crippen LogP contribution in [0.5, 0.6) is 0 Å². The van der Waals surface area contributed by atoms with Gasteiger partial charge < -0.3 is 10.2 Å². The van der Waals surface area contributed by atoms with E-state index in [1.807, 2.05) is 18.2 Å². The summed E-state index contributed by atoms with van der Waals surface area (Å²) in [5.74, 6) is 0. The number of para-hydroxylation sites is 1. The Kier molecular flexibility index (Phi) is 5.36. The largest absolute Gasteiger partial charge is 0.385 e. The van der Waals surface area contributed by atoms with Gasteiger partial charge in [0.2, 0.25) is 0 Å². The van der Waals surface area contributed by atoms with Gasteiger partial charge >= 0.3 is 0 Å². The van der Waals surface area contributed by atoms with Crippen molar-refractivity contribution in [1.29, 1.82) is 0 Å². The maximum Gasteiger partial charge on any atom is 0.0941 e. The number of nitrogens with zero attached hydrogens (tertiary/aromatic N) is 2. The summed E-state index contributed by atoms with van der Waals surface area (Å²) in [6, 6.07) is 10.3. The molecule has 0 unspecified atom stereocenters. The van der Waals surface area contributed by atoms with Crippen LogP contribution in [0, 0.1) is 0 Å². The standard InChI is InChI=1S/C15H21N3S/c1-18(2)11-9-15-17-14(12-19-15)8-10-16-13-6-4-3-5-7-13/h3-7,12,16H,8-11H2,1-2H3. The third kappa shape index (κ3) is 5.01. The molecule has 0 spiro atoms. The lowest BCUT2D eigenvalue weighted by atomic mass is 10.3. The predicted octanol–water partition coefficient (Wildman–Crippen LogP) is 2.90. The lowest BCUT2D eigenvalue weighted by molar-refractivity contribution is 0.413. The van der Waals surface area contributed by atoms with Gasteiger partial charge in [0.05, 0.1) is 10.7 Å². The van der Waals surface area contributed by atoms with Crippen molar-refractivity contribution in [2.45, 2.75) is 12.8 Å². The number of likely N-dealkylation sites (N-methyl/N-ethyl adjacent to an activating group) is 1. The number of benzene rings is 1. The Labute approximate surface area is 119 Å². The van der Waals surface area contributed by atoms with E-state index in [-0.39, 0.29) is 0 Å². The minimum Gasteiger partial charge on any atom is -0.385 e. The van der Waals surface area contributed by atoms with Gasteiger partial charge in [-0.25, -0.2) is 4.98 Å². The molecule has 19 heavy (non-hydrogen) atoms. The smallest absolute Gasteiger partial charge is 0.0941 e. The van der Waals surface area contributed by atoms with Gasteiger partial charge in [0, 0.05) is 37.0 Å². The van der Waals surface area contributed by atoms with Crippen LogP contribution in [0.3, 0.4) is 0 Å². The van der Waals surface area contributed by atoms with E-state index >= 15 is 0 Å². The molecule has 1 N–H and O–H groups in total. The summed E-state index contributed by atoms with van der Waals surface area (Å²) >= 11 is 1.77. The van der Waals surface area contributed by atoms with Crippen molar-refractivity contribution in [3.63, 3.8) is 0 Å². The minimum atomic E-state index is 0.931. The first kappa shape index (κ1) is 14.0. The molecule has 0 fully saturated rings. The Morgan fingerprint density at radius 3 is 2.68 bits per heavy atom. The Bertz CT molecular complexity index is 479. The minimum absolute atomic E-state index is 0.931. The Morgan fingerprint density at radius 1 is 1.16 bits per heavy atom. The van der Waals surface area contributed by atoms with E-state index in [1.165, 1.54) is 16.4 Å². The second kappa shape index (κ2) is 7.26. The maximum absolute atomic E-state index is 4.67. The Morgan fingerprint density at radius 2 is 1.95 bits per heavy atom. The molecule has 1 aromatic carbocycles. The highest BCUT2D eigenvalue weighted by Crippen LogP contribution is 2.12. The summed E-state index contributed by atoms with van der Waals surface area (Å²) in [6.45, 7) is 2.00. The molecule has 1 aromatic heterocycles. The zero-order chi connectivity index (χ0) is 13.5. The van der Waals surface area contributed by atoms with E-state index in [0.29, 0.717) is 0 Å². The molecule has 4 heteroatoms. The second-order valence-electron chi connectivity index (χ2n) is 4.83. The zero-order valence-corrected chi connectivity index (χ0v) is 12.4. The molecule has 0 atom stereocenters. The summed E-state index contributed by atoms with van der Waals surface area (Å²) < 4.78 is 0. The van der Waals surface area contributed by atoms with Crippen LogP contribution in [-0.2, 0) is 12.8 Å². The number of hydrogen-bond acceptors (Lipinski definition) is 4. The SMILES string of the molecule is CN(C)CCc1nc(CCNc2ccccc2)cs1. The van der Waals surface area contributed by atoms with E-state index in [1.54, 1.807) is 11.3 Å². The fourth-order valence-electron chi connectivity index (χ4n) is 1.79. The number of anilines is 1. The second-order valence-corrected chi connectivity index (χ2v) is 5.77. The van der Waals surface area contributed by atoms with Crippen molar-refractivity contribution in [2.24, 2.45) is 0 Å². The van der Waals surface area contributed by atoms with Gasteiger partial charge in [-0.3, -0.25) is 0 Å². The molecule has 3 nitrogen and oxygen atoms in total. The molecule has 0 radical (unpaired) electrons. The molecule has 0 aliphatic heterocycles. The van der Waals surface area contributed by atoms with Gasteiger partial charge in [0.15, 0.2) is 0 Å². The first-order chi connectivity index (χ1) is 9.24. The van der Waals surface area contributed by atoms with E-state index in [0.717, 1.165) is 25.9 Å². The van der Waals surface area contributed by atoms with Crippen molar-refractivity contribution in [3.05, 3.63) is 46.4 Å². The van der Waals surface area contributed by atoms with Crippen molar-refractivity contribution < 1.29 is 0 Å². The third-order valence-corrected chi connectivity index (χ3v) is 3.81. The van der Waals surface area contributed by atoms with Crippen LogP contribution in [0.1, 0.15) is 10.7 Å². The lowest BCUT2D eigenvalue weighted by Gasteiger charge is -2.06. The molecule has 1 heterocycles. The number of nitrogens with one attached hydrogen (secondary N) is 1. The summed E-state index contributed by atoms with van der Waals surface area (Å²) in [5.41, 5.74) is 2.37. The molecule has 2 aromatic rings. The Hall–Kier alpha value is -1.39. The fourth-order valence-corrected chi connectivity index (χ4v) is 2.61. The molecule has 0 saturated heterocycles. The van der Waals surface area contributed by atoms with Crippen molar-refractivity contribution in [1.82, 2.24) is 9.88 Å². The Balaban J connectivity index is 1.74. The van der Waals surface area contributed by atoms with Crippen LogP contribution in [0.25, 0.3) is 0 Å². The number of hydrogen-bond donors (Lipinski definition) is 1. The van der Waals surface area contributed by atoms with Crippen LogP contribution < -0.4 is 5.32 Å². The van der Waals surface area contributed by atoms with Crippen LogP contribution in [-0.4, -0.2) is 37.1 Å². The highest BCUT2D eigenvalue weighted by molar-refractivity contribution is 7.09. The average molecular weight is 275 g/mol. The maximum atomic E-state index is 4.67. The first-order valence-electron chi connectivity index (χ1n) is 6.61. The van der Waals surface area contributed by atoms with Crippen LogP contribution >= 0.6 is 11.3 Å². The van der Waals surface area contributed by atoms with Gasteiger partial charge in [-0.15, -0.1) is 11.3 Å². The fraction of sp³-hybridized carbons (Fsp3) is 0.400. The van der Waals surface area contributed by atoms with Gasteiger partial charge in [0.1, 0.15) is 0 Å². The normalized spacial score (nSPS) is 10.9. The molecule has 0 saturated carbocycles. The average Bonchev–Trinajstić information content (AvgIpc) is 2.86. The molecule has 2 rings (SSSR count). The van der Waals surface area contributed by atoms with E-state index in [9.17, 15) is 0 Å². The number of rotatable bonds is 7. The van der Waals surface area contributed by atoms with Crippen molar-refractivity contribution >= 4 is 17.0 Å². The number of aromatic nitrogens is 1. The van der Waals surface area contributed by atoms with Crippen molar-refractivity contribution in [3.8, 4) is 0 Å². The van der Waals surface area contributed by atoms with Gasteiger partial charge in [-0.1, -0.05) is 18.2 Å². The predicted molar refractivity (Wildman–Crippen MR) is 83.0 cm³/mol. The highest BCUT2D eigenvalue weighted by Gasteiger charge is 2.02. The topological polar surface area (TPSA) is 28.2 Å². The van der Waals surface area contributed by atoms with Crippen LogP contribution in [0.2, 0.25) is 0 Å². The molecule has 0 aliphatic rings. The first-order valence-corrected chi connectivity index (χ1v) is 7.49. The summed E-state index contributed by atoms with van der Waals surface area (Å²) in [4.78, 5) is 6.86. The third-order valence-electron chi connectivity index (χ3n) is 2.86. The van der Waals surface area contributed by atoms with Gasteiger partial charge in [-0.05, 0) is 26.2 Å². The summed E-state index contributed by atoms with van der Waals surface area (Å²) in [7, 11) is 4.19. The van der Waals surface area contributed by atoms with Gasteiger partial charge in [0.25, 0.3) is 0 Å². The monoisotopic (exact) mass is 275 g/mol. The van der Waals surface area contributed by atoms with E-state index in [4.69, 9.17) is 0 Å².